The third-order valence-corrected chi connectivity index (χ3v) is 5.01. The highest BCUT2D eigenvalue weighted by Gasteiger charge is 2.16. The second kappa shape index (κ2) is 8.70. The van der Waals surface area contributed by atoms with Gasteiger partial charge in [-0.3, -0.25) is 4.79 Å². The minimum atomic E-state index is 0.0313. The molecule has 5 heteroatoms. The fraction of sp³-hybridized carbons (Fsp3) is 0.318. The molecule has 0 aliphatic rings. The number of rotatable bonds is 7. The molecule has 1 aromatic heterocycles. The number of nitrogens with zero attached hydrogens (tertiary/aromatic N) is 2. The lowest BCUT2D eigenvalue weighted by molar-refractivity contribution is 0.394. The van der Waals surface area contributed by atoms with Crippen molar-refractivity contribution in [2.24, 2.45) is 7.05 Å². The molecule has 142 valence electrons. The van der Waals surface area contributed by atoms with Crippen LogP contribution in [0.1, 0.15) is 12.0 Å². The van der Waals surface area contributed by atoms with Crippen LogP contribution in [0.3, 0.4) is 0 Å². The van der Waals surface area contributed by atoms with Crippen LogP contribution in [0, 0.1) is 0 Å². The Kier molecular flexibility index (Phi) is 6.32. The van der Waals surface area contributed by atoms with Crippen LogP contribution in [0.4, 0.5) is 0 Å². The predicted molar refractivity (Wildman–Crippen MR) is 115 cm³/mol. The molecule has 0 radical (unpaired) electrons. The number of aryl methyl sites for hydroxylation is 1. The predicted octanol–water partition coefficient (Wildman–Crippen LogP) is 3.90. The summed E-state index contributed by atoms with van der Waals surface area (Å²) >= 11 is 6.29. The van der Waals surface area contributed by atoms with Gasteiger partial charge in [-0.05, 0) is 57.4 Å². The standard InChI is InChI=1S/C22H26ClN3O/c1-25(2)13-7-12-24-15-19-21(16-8-5-4-6-9-16)18-14-17(23)10-11-20(18)26(3)22(19)27/h4-6,8-11,14,24H,7,12-13,15H2,1-3H3. The molecule has 0 aliphatic carbocycles. The quantitative estimate of drug-likeness (QED) is 0.629. The van der Waals surface area contributed by atoms with Crippen LogP contribution in [-0.2, 0) is 13.6 Å². The van der Waals surface area contributed by atoms with Crippen LogP contribution in [0.5, 0.6) is 0 Å². The molecule has 0 saturated heterocycles. The lowest BCUT2D eigenvalue weighted by atomic mass is 9.95. The summed E-state index contributed by atoms with van der Waals surface area (Å²) in [5, 5.41) is 5.11. The van der Waals surface area contributed by atoms with Crippen molar-refractivity contribution >= 4 is 22.5 Å². The summed E-state index contributed by atoms with van der Waals surface area (Å²) < 4.78 is 1.72. The van der Waals surface area contributed by atoms with Crippen LogP contribution in [-0.4, -0.2) is 36.7 Å². The van der Waals surface area contributed by atoms with Gasteiger partial charge in [-0.1, -0.05) is 41.9 Å². The fourth-order valence-electron chi connectivity index (χ4n) is 3.41. The summed E-state index contributed by atoms with van der Waals surface area (Å²) in [6.07, 6.45) is 1.04. The molecule has 1 heterocycles. The molecule has 0 amide bonds. The van der Waals surface area contributed by atoms with Crippen molar-refractivity contribution in [3.8, 4) is 11.1 Å². The van der Waals surface area contributed by atoms with E-state index in [0.717, 1.165) is 47.1 Å². The number of pyridine rings is 1. The number of aromatic nitrogens is 1. The van der Waals surface area contributed by atoms with Crippen LogP contribution in [0.25, 0.3) is 22.0 Å². The minimum Gasteiger partial charge on any atom is -0.312 e. The van der Waals surface area contributed by atoms with Gasteiger partial charge in [0.25, 0.3) is 5.56 Å². The van der Waals surface area contributed by atoms with E-state index in [1.54, 1.807) is 4.57 Å². The Balaban J connectivity index is 2.08. The second-order valence-corrected chi connectivity index (χ2v) is 7.52. The van der Waals surface area contributed by atoms with E-state index in [4.69, 9.17) is 11.6 Å². The van der Waals surface area contributed by atoms with E-state index in [1.165, 1.54) is 0 Å². The highest BCUT2D eigenvalue weighted by molar-refractivity contribution is 6.31. The van der Waals surface area contributed by atoms with Crippen molar-refractivity contribution in [2.45, 2.75) is 13.0 Å². The van der Waals surface area contributed by atoms with Gasteiger partial charge in [-0.25, -0.2) is 0 Å². The Bertz CT molecular complexity index is 980. The van der Waals surface area contributed by atoms with Crippen LogP contribution < -0.4 is 10.9 Å². The molecule has 3 aromatic rings. The summed E-state index contributed by atoms with van der Waals surface area (Å²) in [6.45, 7) is 2.42. The van der Waals surface area contributed by atoms with Crippen molar-refractivity contribution in [3.63, 3.8) is 0 Å². The smallest absolute Gasteiger partial charge is 0.255 e. The van der Waals surface area contributed by atoms with Crippen molar-refractivity contribution in [1.82, 2.24) is 14.8 Å². The van der Waals surface area contributed by atoms with E-state index < -0.39 is 0 Å². The summed E-state index contributed by atoms with van der Waals surface area (Å²) in [4.78, 5) is 15.3. The monoisotopic (exact) mass is 383 g/mol. The Hall–Kier alpha value is -2.14. The number of nitrogens with one attached hydrogen (secondary N) is 1. The second-order valence-electron chi connectivity index (χ2n) is 7.08. The van der Waals surface area contributed by atoms with E-state index >= 15 is 0 Å². The van der Waals surface area contributed by atoms with Gasteiger partial charge in [-0.15, -0.1) is 0 Å². The summed E-state index contributed by atoms with van der Waals surface area (Å²) in [5.74, 6) is 0. The van der Waals surface area contributed by atoms with Crippen LogP contribution in [0.15, 0.2) is 53.3 Å². The fourth-order valence-corrected chi connectivity index (χ4v) is 3.59. The Morgan fingerprint density at radius 1 is 1.11 bits per heavy atom. The molecule has 0 bridgehead atoms. The SMILES string of the molecule is CN(C)CCCNCc1c(-c2ccccc2)c2cc(Cl)ccc2n(C)c1=O. The van der Waals surface area contributed by atoms with Crippen molar-refractivity contribution < 1.29 is 0 Å². The lowest BCUT2D eigenvalue weighted by Crippen LogP contribution is -2.28. The van der Waals surface area contributed by atoms with Gasteiger partial charge in [0.05, 0.1) is 5.52 Å². The molecule has 0 aliphatic heterocycles. The molecule has 0 spiro atoms. The maximum absolute atomic E-state index is 13.1. The Labute approximate surface area is 165 Å². The number of benzene rings is 2. The summed E-state index contributed by atoms with van der Waals surface area (Å²) in [7, 11) is 5.95. The first kappa shape index (κ1) is 19.6. The van der Waals surface area contributed by atoms with E-state index in [1.807, 2.05) is 55.6 Å². The summed E-state index contributed by atoms with van der Waals surface area (Å²) in [6, 6.07) is 15.8. The average Bonchev–Trinajstić information content (AvgIpc) is 2.65. The Morgan fingerprint density at radius 2 is 1.85 bits per heavy atom. The van der Waals surface area contributed by atoms with Gasteiger partial charge in [0.2, 0.25) is 0 Å². The van der Waals surface area contributed by atoms with Gasteiger partial charge in [0.15, 0.2) is 0 Å². The largest absolute Gasteiger partial charge is 0.312 e. The molecule has 0 atom stereocenters. The van der Waals surface area contributed by atoms with Gasteiger partial charge in [0.1, 0.15) is 0 Å². The third kappa shape index (κ3) is 4.41. The Morgan fingerprint density at radius 3 is 2.56 bits per heavy atom. The molecular weight excluding hydrogens is 358 g/mol. The van der Waals surface area contributed by atoms with Crippen LogP contribution in [0.2, 0.25) is 5.02 Å². The zero-order valence-corrected chi connectivity index (χ0v) is 16.9. The van der Waals surface area contributed by atoms with Gasteiger partial charge in [-0.2, -0.15) is 0 Å². The minimum absolute atomic E-state index is 0.0313. The topological polar surface area (TPSA) is 37.3 Å². The number of hydrogen-bond acceptors (Lipinski definition) is 3. The zero-order chi connectivity index (χ0) is 19.4. The third-order valence-electron chi connectivity index (χ3n) is 4.78. The van der Waals surface area contributed by atoms with E-state index in [2.05, 4.69) is 24.3 Å². The van der Waals surface area contributed by atoms with Crippen molar-refractivity contribution in [3.05, 3.63) is 69.5 Å². The molecule has 2 aromatic carbocycles. The molecule has 4 nitrogen and oxygen atoms in total. The molecule has 0 unspecified atom stereocenters. The van der Waals surface area contributed by atoms with Crippen molar-refractivity contribution in [2.75, 3.05) is 27.2 Å². The van der Waals surface area contributed by atoms with E-state index in [9.17, 15) is 4.79 Å². The zero-order valence-electron chi connectivity index (χ0n) is 16.1. The first-order valence-corrected chi connectivity index (χ1v) is 9.59. The van der Waals surface area contributed by atoms with E-state index in [-0.39, 0.29) is 5.56 Å². The number of hydrogen-bond donors (Lipinski definition) is 1. The van der Waals surface area contributed by atoms with Crippen molar-refractivity contribution in [1.29, 1.82) is 0 Å². The average molecular weight is 384 g/mol. The van der Waals surface area contributed by atoms with Gasteiger partial charge >= 0.3 is 0 Å². The highest BCUT2D eigenvalue weighted by atomic mass is 35.5. The molecule has 0 saturated carbocycles. The number of fused-ring (bicyclic) bond motifs is 1. The van der Waals surface area contributed by atoms with Gasteiger partial charge in [0, 0.05) is 35.1 Å². The maximum Gasteiger partial charge on any atom is 0.255 e. The first-order chi connectivity index (χ1) is 13.0. The lowest BCUT2D eigenvalue weighted by Gasteiger charge is -2.17. The molecule has 27 heavy (non-hydrogen) atoms. The molecule has 0 fully saturated rings. The molecular formula is C22H26ClN3O. The summed E-state index contributed by atoms with van der Waals surface area (Å²) in [5.41, 5.74) is 3.70. The molecule has 3 rings (SSSR count). The first-order valence-electron chi connectivity index (χ1n) is 9.21. The maximum atomic E-state index is 13.1. The van der Waals surface area contributed by atoms with Gasteiger partial charge < -0.3 is 14.8 Å². The molecule has 1 N–H and O–H groups in total. The normalized spacial score (nSPS) is 11.4. The van der Waals surface area contributed by atoms with E-state index in [0.29, 0.717) is 11.6 Å². The highest BCUT2D eigenvalue weighted by Crippen LogP contribution is 2.32. The number of halogens is 1. The van der Waals surface area contributed by atoms with Crippen LogP contribution >= 0.6 is 11.6 Å².